The Morgan fingerprint density at radius 1 is 0.957 bits per heavy atom. The predicted octanol–water partition coefficient (Wildman–Crippen LogP) is 5.48. The molecular weight excluding hydrogens is 349 g/mol. The SMILES string of the molecule is Cc1ccc(-n2c(C)nnc2SCc2ccc(Cl)c(Cl)c2)cc1. The van der Waals surface area contributed by atoms with Crippen LogP contribution in [0.4, 0.5) is 0 Å². The van der Waals surface area contributed by atoms with Gasteiger partial charge in [-0.25, -0.2) is 0 Å². The van der Waals surface area contributed by atoms with Gasteiger partial charge in [0.1, 0.15) is 5.82 Å². The first-order chi connectivity index (χ1) is 11.0. The largest absolute Gasteiger partial charge is 0.274 e. The minimum Gasteiger partial charge on any atom is -0.274 e. The van der Waals surface area contributed by atoms with Crippen molar-refractivity contribution in [2.45, 2.75) is 24.8 Å². The van der Waals surface area contributed by atoms with Crippen LogP contribution in [0.2, 0.25) is 10.0 Å². The molecule has 0 amide bonds. The molecule has 118 valence electrons. The molecule has 0 spiro atoms. The Morgan fingerprint density at radius 3 is 2.39 bits per heavy atom. The molecule has 0 aliphatic heterocycles. The Labute approximate surface area is 149 Å². The van der Waals surface area contributed by atoms with Gasteiger partial charge in [-0.05, 0) is 43.7 Å². The van der Waals surface area contributed by atoms with Gasteiger partial charge >= 0.3 is 0 Å². The highest BCUT2D eigenvalue weighted by Gasteiger charge is 2.12. The number of halogens is 2. The van der Waals surface area contributed by atoms with E-state index in [4.69, 9.17) is 23.2 Å². The Hall–Kier alpha value is -1.49. The third-order valence-corrected chi connectivity index (χ3v) is 5.18. The van der Waals surface area contributed by atoms with E-state index >= 15 is 0 Å². The molecule has 0 atom stereocenters. The molecule has 0 saturated heterocycles. The smallest absolute Gasteiger partial charge is 0.196 e. The Bertz CT molecular complexity index is 828. The van der Waals surface area contributed by atoms with E-state index in [9.17, 15) is 0 Å². The van der Waals surface area contributed by atoms with Crippen LogP contribution in [0.25, 0.3) is 5.69 Å². The molecule has 3 rings (SSSR count). The first kappa shape index (κ1) is 16.4. The highest BCUT2D eigenvalue weighted by atomic mass is 35.5. The molecule has 1 aromatic heterocycles. The molecule has 0 unspecified atom stereocenters. The number of benzene rings is 2. The van der Waals surface area contributed by atoms with Crippen LogP contribution in [0.15, 0.2) is 47.6 Å². The summed E-state index contributed by atoms with van der Waals surface area (Å²) in [6.07, 6.45) is 0. The summed E-state index contributed by atoms with van der Waals surface area (Å²) in [7, 11) is 0. The summed E-state index contributed by atoms with van der Waals surface area (Å²) in [6, 6.07) is 14.0. The quantitative estimate of drug-likeness (QED) is 0.574. The molecule has 1 heterocycles. The van der Waals surface area contributed by atoms with Crippen LogP contribution in [0, 0.1) is 13.8 Å². The number of hydrogen-bond acceptors (Lipinski definition) is 3. The van der Waals surface area contributed by atoms with E-state index in [1.807, 2.05) is 25.1 Å². The maximum absolute atomic E-state index is 6.07. The number of hydrogen-bond donors (Lipinski definition) is 0. The second kappa shape index (κ2) is 6.95. The zero-order valence-corrected chi connectivity index (χ0v) is 15.1. The first-order valence-electron chi connectivity index (χ1n) is 7.10. The summed E-state index contributed by atoms with van der Waals surface area (Å²) in [4.78, 5) is 0. The number of aromatic nitrogens is 3. The summed E-state index contributed by atoms with van der Waals surface area (Å²) in [5, 5.41) is 10.5. The fraction of sp³-hybridized carbons (Fsp3) is 0.176. The van der Waals surface area contributed by atoms with Gasteiger partial charge in [-0.3, -0.25) is 4.57 Å². The molecular formula is C17H15Cl2N3S. The van der Waals surface area contributed by atoms with Gasteiger partial charge in [0, 0.05) is 11.4 Å². The van der Waals surface area contributed by atoms with Crippen LogP contribution < -0.4 is 0 Å². The van der Waals surface area contributed by atoms with Crippen LogP contribution in [0.1, 0.15) is 17.0 Å². The van der Waals surface area contributed by atoms with Gasteiger partial charge in [-0.15, -0.1) is 10.2 Å². The maximum atomic E-state index is 6.07. The zero-order chi connectivity index (χ0) is 16.4. The van der Waals surface area contributed by atoms with Crippen molar-refractivity contribution >= 4 is 35.0 Å². The third-order valence-electron chi connectivity index (χ3n) is 3.44. The number of aryl methyl sites for hydroxylation is 2. The second-order valence-electron chi connectivity index (χ2n) is 5.24. The number of thioether (sulfide) groups is 1. The highest BCUT2D eigenvalue weighted by Crippen LogP contribution is 2.28. The number of nitrogens with zero attached hydrogens (tertiary/aromatic N) is 3. The first-order valence-corrected chi connectivity index (χ1v) is 8.84. The lowest BCUT2D eigenvalue weighted by molar-refractivity contribution is 0.868. The summed E-state index contributed by atoms with van der Waals surface area (Å²) >= 11 is 13.6. The van der Waals surface area contributed by atoms with Gasteiger partial charge in [0.2, 0.25) is 0 Å². The predicted molar refractivity (Wildman–Crippen MR) is 96.9 cm³/mol. The minimum atomic E-state index is 0.569. The molecule has 0 aliphatic carbocycles. The van der Waals surface area contributed by atoms with Gasteiger partial charge in [0.05, 0.1) is 10.0 Å². The van der Waals surface area contributed by atoms with Gasteiger partial charge in [-0.1, -0.05) is 58.7 Å². The van der Waals surface area contributed by atoms with Crippen LogP contribution in [-0.4, -0.2) is 14.8 Å². The lowest BCUT2D eigenvalue weighted by Crippen LogP contribution is -1.99. The molecule has 3 nitrogen and oxygen atoms in total. The molecule has 2 aromatic carbocycles. The van der Waals surface area contributed by atoms with E-state index in [0.29, 0.717) is 10.0 Å². The highest BCUT2D eigenvalue weighted by molar-refractivity contribution is 7.98. The van der Waals surface area contributed by atoms with Crippen molar-refractivity contribution in [2.75, 3.05) is 0 Å². The molecule has 6 heteroatoms. The van der Waals surface area contributed by atoms with Crippen LogP contribution in [0.5, 0.6) is 0 Å². The van der Waals surface area contributed by atoms with Gasteiger partial charge in [0.15, 0.2) is 5.16 Å². The molecule has 0 aliphatic rings. The summed E-state index contributed by atoms with van der Waals surface area (Å²) in [5.41, 5.74) is 3.39. The van der Waals surface area contributed by atoms with E-state index < -0.39 is 0 Å². The topological polar surface area (TPSA) is 30.7 Å². The summed E-state index contributed by atoms with van der Waals surface area (Å²) in [5.74, 6) is 1.62. The molecule has 23 heavy (non-hydrogen) atoms. The summed E-state index contributed by atoms with van der Waals surface area (Å²) in [6.45, 7) is 4.03. The lowest BCUT2D eigenvalue weighted by atomic mass is 10.2. The van der Waals surface area contributed by atoms with Crippen LogP contribution >= 0.6 is 35.0 Å². The molecule has 0 saturated carbocycles. The minimum absolute atomic E-state index is 0.569. The van der Waals surface area contributed by atoms with Crippen molar-refractivity contribution in [1.82, 2.24) is 14.8 Å². The van der Waals surface area contributed by atoms with Crippen LogP contribution in [-0.2, 0) is 5.75 Å². The maximum Gasteiger partial charge on any atom is 0.196 e. The average molecular weight is 364 g/mol. The van der Waals surface area contributed by atoms with Crippen molar-refractivity contribution in [3.63, 3.8) is 0 Å². The van der Waals surface area contributed by atoms with Gasteiger partial charge in [0.25, 0.3) is 0 Å². The Morgan fingerprint density at radius 2 is 1.70 bits per heavy atom. The van der Waals surface area contributed by atoms with E-state index in [1.165, 1.54) is 5.56 Å². The van der Waals surface area contributed by atoms with E-state index in [1.54, 1.807) is 11.8 Å². The van der Waals surface area contributed by atoms with Crippen molar-refractivity contribution in [1.29, 1.82) is 0 Å². The van der Waals surface area contributed by atoms with Crippen molar-refractivity contribution in [3.8, 4) is 5.69 Å². The van der Waals surface area contributed by atoms with E-state index in [-0.39, 0.29) is 0 Å². The van der Waals surface area contributed by atoms with E-state index in [2.05, 4.69) is 46.0 Å². The molecule has 0 fully saturated rings. The Kier molecular flexibility index (Phi) is 4.95. The van der Waals surface area contributed by atoms with Crippen LogP contribution in [0.3, 0.4) is 0 Å². The fourth-order valence-corrected chi connectivity index (χ4v) is 3.47. The average Bonchev–Trinajstić information content (AvgIpc) is 2.90. The summed E-state index contributed by atoms with van der Waals surface area (Å²) < 4.78 is 2.06. The van der Waals surface area contributed by atoms with Crippen molar-refractivity contribution in [2.24, 2.45) is 0 Å². The monoisotopic (exact) mass is 363 g/mol. The third kappa shape index (κ3) is 3.71. The lowest BCUT2D eigenvalue weighted by Gasteiger charge is -2.09. The second-order valence-corrected chi connectivity index (χ2v) is 6.99. The van der Waals surface area contributed by atoms with E-state index in [0.717, 1.165) is 28.0 Å². The zero-order valence-electron chi connectivity index (χ0n) is 12.8. The Balaban J connectivity index is 1.83. The molecule has 3 aromatic rings. The normalized spacial score (nSPS) is 11.0. The number of rotatable bonds is 4. The fourth-order valence-electron chi connectivity index (χ4n) is 2.20. The molecule has 0 N–H and O–H groups in total. The standard InChI is InChI=1S/C17H15Cl2N3S/c1-11-3-6-14(7-4-11)22-12(2)20-21-17(22)23-10-13-5-8-15(18)16(19)9-13/h3-9H,10H2,1-2H3. The van der Waals surface area contributed by atoms with Gasteiger partial charge < -0.3 is 0 Å². The molecule has 0 bridgehead atoms. The molecule has 0 radical (unpaired) electrons. The van der Waals surface area contributed by atoms with Crippen molar-refractivity contribution < 1.29 is 0 Å². The van der Waals surface area contributed by atoms with Gasteiger partial charge in [-0.2, -0.15) is 0 Å². The van der Waals surface area contributed by atoms with Crippen molar-refractivity contribution in [3.05, 3.63) is 69.5 Å².